The molecular formula is C13H10ClF3N2O. The maximum Gasteiger partial charge on any atom is 0.417 e. The van der Waals surface area contributed by atoms with Crippen LogP contribution in [0.15, 0.2) is 30.3 Å². The van der Waals surface area contributed by atoms with E-state index in [1.165, 1.54) is 31.4 Å². The van der Waals surface area contributed by atoms with Gasteiger partial charge in [0.25, 0.3) is 0 Å². The Morgan fingerprint density at radius 1 is 1.20 bits per heavy atom. The van der Waals surface area contributed by atoms with Gasteiger partial charge in [0, 0.05) is 18.7 Å². The van der Waals surface area contributed by atoms with Gasteiger partial charge in [-0.25, -0.2) is 9.97 Å². The Morgan fingerprint density at radius 3 is 2.55 bits per heavy atom. The monoisotopic (exact) mass is 302 g/mol. The lowest BCUT2D eigenvalue weighted by molar-refractivity contribution is -0.137. The highest BCUT2D eigenvalue weighted by molar-refractivity contribution is 6.29. The summed E-state index contributed by atoms with van der Waals surface area (Å²) >= 11 is 5.81. The SMILES string of the molecule is COCc1nc(Cl)cc(-c2ccccc2C(F)(F)F)n1. The molecule has 0 saturated heterocycles. The molecule has 0 spiro atoms. The fourth-order valence-electron chi connectivity index (χ4n) is 1.75. The highest BCUT2D eigenvalue weighted by Crippen LogP contribution is 2.36. The maximum absolute atomic E-state index is 13.0. The molecular weight excluding hydrogens is 293 g/mol. The second-order valence-corrected chi connectivity index (χ2v) is 4.36. The molecule has 0 N–H and O–H groups in total. The topological polar surface area (TPSA) is 35.0 Å². The number of ether oxygens (including phenoxy) is 1. The number of nitrogens with zero attached hydrogens (tertiary/aromatic N) is 2. The number of hydrogen-bond acceptors (Lipinski definition) is 3. The zero-order chi connectivity index (χ0) is 14.8. The Bertz CT molecular complexity index is 617. The molecule has 0 aliphatic rings. The molecule has 0 aliphatic carbocycles. The zero-order valence-electron chi connectivity index (χ0n) is 10.4. The molecule has 2 aromatic rings. The van der Waals surface area contributed by atoms with Crippen LogP contribution in [0.5, 0.6) is 0 Å². The summed E-state index contributed by atoms with van der Waals surface area (Å²) in [6.07, 6.45) is -4.46. The highest BCUT2D eigenvalue weighted by atomic mass is 35.5. The Morgan fingerprint density at radius 2 is 1.90 bits per heavy atom. The zero-order valence-corrected chi connectivity index (χ0v) is 11.2. The summed E-state index contributed by atoms with van der Waals surface area (Å²) in [4.78, 5) is 7.94. The van der Waals surface area contributed by atoms with Crippen LogP contribution >= 0.6 is 11.6 Å². The number of alkyl halides is 3. The number of rotatable bonds is 3. The Kier molecular flexibility index (Phi) is 4.25. The van der Waals surface area contributed by atoms with Gasteiger partial charge in [-0.1, -0.05) is 29.8 Å². The van der Waals surface area contributed by atoms with E-state index in [1.807, 2.05) is 0 Å². The van der Waals surface area contributed by atoms with Crippen molar-refractivity contribution in [2.24, 2.45) is 0 Å². The molecule has 0 fully saturated rings. The number of hydrogen-bond donors (Lipinski definition) is 0. The first kappa shape index (κ1) is 14.7. The van der Waals surface area contributed by atoms with Gasteiger partial charge in [-0.15, -0.1) is 0 Å². The lowest BCUT2D eigenvalue weighted by Crippen LogP contribution is -2.08. The second kappa shape index (κ2) is 5.76. The Labute approximate surface area is 118 Å². The van der Waals surface area contributed by atoms with Crippen LogP contribution in [-0.4, -0.2) is 17.1 Å². The fraction of sp³-hybridized carbons (Fsp3) is 0.231. The molecule has 0 atom stereocenters. The molecule has 0 unspecified atom stereocenters. The normalized spacial score (nSPS) is 11.7. The van der Waals surface area contributed by atoms with Crippen molar-refractivity contribution in [1.29, 1.82) is 0 Å². The minimum absolute atomic E-state index is 0.0401. The fourth-order valence-corrected chi connectivity index (χ4v) is 1.95. The van der Waals surface area contributed by atoms with Gasteiger partial charge in [-0.3, -0.25) is 0 Å². The van der Waals surface area contributed by atoms with Crippen molar-refractivity contribution in [3.8, 4) is 11.3 Å². The van der Waals surface area contributed by atoms with Gasteiger partial charge in [0.15, 0.2) is 5.82 Å². The first-order valence-corrected chi connectivity index (χ1v) is 5.98. The lowest BCUT2D eigenvalue weighted by Gasteiger charge is -2.12. The quantitative estimate of drug-likeness (QED) is 0.805. The van der Waals surface area contributed by atoms with Crippen LogP contribution in [0.3, 0.4) is 0 Å². The van der Waals surface area contributed by atoms with Crippen molar-refractivity contribution in [3.63, 3.8) is 0 Å². The van der Waals surface area contributed by atoms with Crippen LogP contribution in [0.1, 0.15) is 11.4 Å². The summed E-state index contributed by atoms with van der Waals surface area (Å²) in [5.74, 6) is 0.229. The minimum Gasteiger partial charge on any atom is -0.377 e. The van der Waals surface area contributed by atoms with E-state index in [0.29, 0.717) is 0 Å². The Hall–Kier alpha value is -1.66. The average Bonchev–Trinajstić information content (AvgIpc) is 2.37. The van der Waals surface area contributed by atoms with Crippen molar-refractivity contribution in [2.45, 2.75) is 12.8 Å². The summed E-state index contributed by atoms with van der Waals surface area (Å²) in [6.45, 7) is 0.0712. The largest absolute Gasteiger partial charge is 0.417 e. The van der Waals surface area contributed by atoms with Crippen LogP contribution in [0.4, 0.5) is 13.2 Å². The van der Waals surface area contributed by atoms with Crippen LogP contribution in [0.25, 0.3) is 11.3 Å². The van der Waals surface area contributed by atoms with Crippen molar-refractivity contribution in [3.05, 3.63) is 46.9 Å². The molecule has 0 radical (unpaired) electrons. The van der Waals surface area contributed by atoms with E-state index in [2.05, 4.69) is 9.97 Å². The van der Waals surface area contributed by atoms with Crippen LogP contribution in [0.2, 0.25) is 5.15 Å². The first-order valence-electron chi connectivity index (χ1n) is 5.61. The van der Waals surface area contributed by atoms with Gasteiger partial charge in [0.2, 0.25) is 0 Å². The van der Waals surface area contributed by atoms with Gasteiger partial charge in [0.05, 0.1) is 11.3 Å². The average molecular weight is 303 g/mol. The maximum atomic E-state index is 13.0. The molecule has 106 valence electrons. The number of aromatic nitrogens is 2. The standard InChI is InChI=1S/C13H10ClF3N2O/c1-20-7-12-18-10(6-11(14)19-12)8-4-2-3-5-9(8)13(15,16)17/h2-6H,7H2,1H3. The van der Waals surface area contributed by atoms with E-state index >= 15 is 0 Å². The summed E-state index contributed by atoms with van der Waals surface area (Å²) in [7, 11) is 1.44. The van der Waals surface area contributed by atoms with Gasteiger partial charge in [-0.05, 0) is 6.07 Å². The predicted molar refractivity (Wildman–Crippen MR) is 68.2 cm³/mol. The van der Waals surface area contributed by atoms with E-state index in [4.69, 9.17) is 16.3 Å². The van der Waals surface area contributed by atoms with Crippen LogP contribution in [-0.2, 0) is 17.5 Å². The molecule has 2 rings (SSSR count). The molecule has 0 bridgehead atoms. The Balaban J connectivity index is 2.57. The van der Waals surface area contributed by atoms with E-state index in [0.717, 1.165) is 6.07 Å². The third-order valence-electron chi connectivity index (χ3n) is 2.52. The molecule has 20 heavy (non-hydrogen) atoms. The molecule has 0 amide bonds. The summed E-state index contributed by atoms with van der Waals surface area (Å²) in [6, 6.07) is 6.48. The van der Waals surface area contributed by atoms with Crippen LogP contribution in [0, 0.1) is 0 Å². The molecule has 1 aromatic carbocycles. The van der Waals surface area contributed by atoms with Gasteiger partial charge in [-0.2, -0.15) is 13.2 Å². The molecule has 1 heterocycles. The van der Waals surface area contributed by atoms with Crippen LogP contribution < -0.4 is 0 Å². The van der Waals surface area contributed by atoms with Gasteiger partial charge < -0.3 is 4.74 Å². The first-order chi connectivity index (χ1) is 9.41. The van der Waals surface area contributed by atoms with Crippen molar-refractivity contribution in [1.82, 2.24) is 9.97 Å². The van der Waals surface area contributed by atoms with E-state index in [-0.39, 0.29) is 28.8 Å². The summed E-state index contributed by atoms with van der Waals surface area (Å²) in [5.41, 5.74) is -0.690. The minimum atomic E-state index is -4.46. The molecule has 3 nitrogen and oxygen atoms in total. The molecule has 7 heteroatoms. The third kappa shape index (κ3) is 3.26. The van der Waals surface area contributed by atoms with Crippen molar-refractivity contribution in [2.75, 3.05) is 7.11 Å². The number of halogens is 4. The molecule has 0 saturated carbocycles. The van der Waals surface area contributed by atoms with Crippen molar-refractivity contribution < 1.29 is 17.9 Å². The lowest BCUT2D eigenvalue weighted by atomic mass is 10.0. The smallest absolute Gasteiger partial charge is 0.377 e. The van der Waals surface area contributed by atoms with E-state index in [9.17, 15) is 13.2 Å². The molecule has 1 aromatic heterocycles. The summed E-state index contributed by atoms with van der Waals surface area (Å²) < 4.78 is 43.8. The van der Waals surface area contributed by atoms with E-state index in [1.54, 1.807) is 0 Å². The summed E-state index contributed by atoms with van der Waals surface area (Å²) in [5, 5.41) is 0.0685. The van der Waals surface area contributed by atoms with Crippen molar-refractivity contribution >= 4 is 11.6 Å². The van der Waals surface area contributed by atoms with Gasteiger partial charge in [0.1, 0.15) is 11.8 Å². The third-order valence-corrected chi connectivity index (χ3v) is 2.72. The highest BCUT2D eigenvalue weighted by Gasteiger charge is 2.33. The van der Waals surface area contributed by atoms with E-state index < -0.39 is 11.7 Å². The number of methoxy groups -OCH3 is 1. The van der Waals surface area contributed by atoms with Gasteiger partial charge >= 0.3 is 6.18 Å². The molecule has 0 aliphatic heterocycles. The second-order valence-electron chi connectivity index (χ2n) is 3.97. The predicted octanol–water partition coefficient (Wildman–Crippen LogP) is 3.96. The number of benzene rings is 1.